The molecule has 0 aliphatic carbocycles. The Hall–Kier alpha value is -0.910. The molecule has 0 aromatic heterocycles. The quantitative estimate of drug-likeness (QED) is 0.277. The van der Waals surface area contributed by atoms with Crippen LogP contribution in [0, 0.1) is 21.0 Å². The van der Waals surface area contributed by atoms with Crippen molar-refractivity contribution in [3.8, 4) is 11.5 Å². The topological polar surface area (TPSA) is 65.0 Å². The summed E-state index contributed by atoms with van der Waals surface area (Å²) < 4.78 is 20.0. The Balaban J connectivity index is 2.25. The molecule has 0 saturated heterocycles. The summed E-state index contributed by atoms with van der Waals surface area (Å²) in [6.45, 7) is 12.9. The van der Waals surface area contributed by atoms with Crippen LogP contribution in [-0.2, 0) is 26.3 Å². The van der Waals surface area contributed by atoms with E-state index >= 15 is 0 Å². The van der Waals surface area contributed by atoms with Crippen molar-refractivity contribution in [1.82, 2.24) is 0 Å². The van der Waals surface area contributed by atoms with Gasteiger partial charge in [0.15, 0.2) is 0 Å². The second-order valence-electron chi connectivity index (χ2n) is 9.07. The first kappa shape index (κ1) is 27.3. The van der Waals surface area contributed by atoms with Gasteiger partial charge in [-0.3, -0.25) is 4.79 Å². The molecule has 0 atom stereocenters. The zero-order chi connectivity index (χ0) is 24.3. The molecule has 0 aliphatic rings. The van der Waals surface area contributed by atoms with Crippen LogP contribution in [0.1, 0.15) is 56.4 Å². The first-order valence-electron chi connectivity index (χ1n) is 10.4. The summed E-state index contributed by atoms with van der Waals surface area (Å²) in [7, 11) is 1.72. The van der Waals surface area contributed by atoms with Crippen LogP contribution in [-0.4, -0.2) is 30.4 Å². The lowest BCUT2D eigenvalue weighted by Gasteiger charge is -2.31. The predicted molar refractivity (Wildman–Crippen MR) is 144 cm³/mol. The standard InChI is InChI=1S/C25H32I2O5/c1-15-11-18(32-23-16(2)10-17(12-20(23)27)13-21(28)29)14-19(26)22(15)25(5,6)31-9-8-24(3,4)30-7/h10-12,14H,8-9,13H2,1-7H3,(H,28,29). The van der Waals surface area contributed by atoms with Crippen LogP contribution < -0.4 is 4.74 Å². The van der Waals surface area contributed by atoms with E-state index in [-0.39, 0.29) is 12.0 Å². The molecule has 1 N–H and O–H groups in total. The van der Waals surface area contributed by atoms with Crippen molar-refractivity contribution in [2.45, 2.75) is 65.6 Å². The second-order valence-corrected chi connectivity index (χ2v) is 11.4. The van der Waals surface area contributed by atoms with Gasteiger partial charge in [0.1, 0.15) is 11.5 Å². The molecule has 0 radical (unpaired) electrons. The highest BCUT2D eigenvalue weighted by atomic mass is 127. The molecule has 0 saturated carbocycles. The number of rotatable bonds is 10. The Bertz CT molecular complexity index is 936. The van der Waals surface area contributed by atoms with Gasteiger partial charge in [-0.15, -0.1) is 0 Å². The lowest BCUT2D eigenvalue weighted by Crippen LogP contribution is -2.29. The number of ether oxygens (including phenoxy) is 3. The molecule has 0 fully saturated rings. The molecule has 32 heavy (non-hydrogen) atoms. The molecule has 0 amide bonds. The molecule has 2 aromatic carbocycles. The number of carboxylic acids is 1. The summed E-state index contributed by atoms with van der Waals surface area (Å²) >= 11 is 4.54. The van der Waals surface area contributed by atoms with Crippen LogP contribution >= 0.6 is 45.2 Å². The van der Waals surface area contributed by atoms with Gasteiger partial charge < -0.3 is 19.3 Å². The maximum Gasteiger partial charge on any atom is 0.307 e. The number of hydrogen-bond donors (Lipinski definition) is 1. The van der Waals surface area contributed by atoms with E-state index in [1.165, 1.54) is 0 Å². The van der Waals surface area contributed by atoms with Crippen LogP contribution in [0.3, 0.4) is 0 Å². The van der Waals surface area contributed by atoms with Crippen molar-refractivity contribution in [3.63, 3.8) is 0 Å². The highest BCUT2D eigenvalue weighted by molar-refractivity contribution is 14.1. The molecule has 0 bridgehead atoms. The summed E-state index contributed by atoms with van der Waals surface area (Å²) in [5.41, 5.74) is 3.25. The molecule has 5 nitrogen and oxygen atoms in total. The van der Waals surface area contributed by atoms with E-state index in [1.54, 1.807) is 7.11 Å². The number of carboxylic acid groups (broad SMARTS) is 1. The van der Waals surface area contributed by atoms with E-state index in [0.29, 0.717) is 6.61 Å². The van der Waals surface area contributed by atoms with Gasteiger partial charge in [0.25, 0.3) is 0 Å². The lowest BCUT2D eigenvalue weighted by atomic mass is 9.93. The van der Waals surface area contributed by atoms with Crippen LogP contribution in [0.2, 0.25) is 0 Å². The third-order valence-corrected chi connectivity index (χ3v) is 7.10. The van der Waals surface area contributed by atoms with E-state index in [2.05, 4.69) is 79.8 Å². The minimum atomic E-state index is -0.842. The van der Waals surface area contributed by atoms with Crippen LogP contribution in [0.4, 0.5) is 0 Å². The van der Waals surface area contributed by atoms with Crippen molar-refractivity contribution in [3.05, 3.63) is 53.7 Å². The average molecular weight is 666 g/mol. The van der Waals surface area contributed by atoms with E-state index in [0.717, 1.165) is 47.3 Å². The summed E-state index contributed by atoms with van der Waals surface area (Å²) in [6.07, 6.45) is 0.804. The zero-order valence-corrected chi connectivity index (χ0v) is 24.1. The Morgan fingerprint density at radius 2 is 1.66 bits per heavy atom. The molecular formula is C25H32I2O5. The van der Waals surface area contributed by atoms with Crippen molar-refractivity contribution >= 4 is 51.2 Å². The van der Waals surface area contributed by atoms with Crippen LogP contribution in [0.25, 0.3) is 0 Å². The molecular weight excluding hydrogens is 634 g/mol. The molecule has 2 aromatic rings. The minimum Gasteiger partial charge on any atom is -0.481 e. The molecule has 7 heteroatoms. The zero-order valence-electron chi connectivity index (χ0n) is 19.8. The largest absolute Gasteiger partial charge is 0.481 e. The van der Waals surface area contributed by atoms with Gasteiger partial charge in [-0.25, -0.2) is 0 Å². The van der Waals surface area contributed by atoms with Gasteiger partial charge in [0, 0.05) is 10.7 Å². The maximum absolute atomic E-state index is 11.0. The highest BCUT2D eigenvalue weighted by Gasteiger charge is 2.28. The molecule has 0 unspecified atom stereocenters. The fourth-order valence-corrected chi connectivity index (χ4v) is 5.90. The van der Waals surface area contributed by atoms with Crippen LogP contribution in [0.5, 0.6) is 11.5 Å². The van der Waals surface area contributed by atoms with Gasteiger partial charge >= 0.3 is 5.97 Å². The fraction of sp³-hybridized carbons (Fsp3) is 0.480. The summed E-state index contributed by atoms with van der Waals surface area (Å²) in [5, 5.41) is 9.06. The molecule has 0 aliphatic heterocycles. The Labute approximate surface area is 218 Å². The molecule has 2 rings (SSSR count). The van der Waals surface area contributed by atoms with Crippen molar-refractivity contribution < 1.29 is 24.1 Å². The third kappa shape index (κ3) is 7.30. The summed E-state index contributed by atoms with van der Waals surface area (Å²) in [4.78, 5) is 11.0. The van der Waals surface area contributed by atoms with E-state index in [4.69, 9.17) is 19.3 Å². The number of methoxy groups -OCH3 is 1. The lowest BCUT2D eigenvalue weighted by molar-refractivity contribution is -0.136. The predicted octanol–water partition coefficient (Wildman–Crippen LogP) is 7.00. The maximum atomic E-state index is 11.0. The minimum absolute atomic E-state index is 0.000524. The highest BCUT2D eigenvalue weighted by Crippen LogP contribution is 2.38. The number of aryl methyl sites for hydroxylation is 2. The fourth-order valence-electron chi connectivity index (χ4n) is 3.59. The normalized spacial score (nSPS) is 12.2. The Morgan fingerprint density at radius 1 is 1.00 bits per heavy atom. The Morgan fingerprint density at radius 3 is 2.19 bits per heavy atom. The monoisotopic (exact) mass is 666 g/mol. The number of halogens is 2. The number of aliphatic carboxylic acids is 1. The smallest absolute Gasteiger partial charge is 0.307 e. The summed E-state index contributed by atoms with van der Waals surface area (Å²) in [5.74, 6) is 0.657. The van der Waals surface area contributed by atoms with Crippen LogP contribution in [0.15, 0.2) is 24.3 Å². The van der Waals surface area contributed by atoms with Crippen molar-refractivity contribution in [1.29, 1.82) is 0 Å². The van der Waals surface area contributed by atoms with Crippen molar-refractivity contribution in [2.24, 2.45) is 0 Å². The second kappa shape index (κ2) is 11.0. The van der Waals surface area contributed by atoms with E-state index < -0.39 is 11.6 Å². The first-order chi connectivity index (χ1) is 14.8. The SMILES string of the molecule is COC(C)(C)CCOC(C)(C)c1c(C)cc(Oc2c(C)cc(CC(=O)O)cc2I)cc1I. The van der Waals surface area contributed by atoms with E-state index in [1.807, 2.05) is 31.2 Å². The molecule has 0 heterocycles. The number of carbonyl (C=O) groups is 1. The van der Waals surface area contributed by atoms with Gasteiger partial charge in [0.05, 0.1) is 27.8 Å². The van der Waals surface area contributed by atoms with Gasteiger partial charge in [-0.2, -0.15) is 0 Å². The van der Waals surface area contributed by atoms with E-state index in [9.17, 15) is 4.79 Å². The number of benzene rings is 2. The summed E-state index contributed by atoms with van der Waals surface area (Å²) in [6, 6.07) is 7.79. The average Bonchev–Trinajstić information content (AvgIpc) is 2.63. The Kier molecular flexibility index (Phi) is 9.41. The van der Waals surface area contributed by atoms with Gasteiger partial charge in [-0.05, 0) is 134 Å². The molecule has 0 spiro atoms. The number of hydrogen-bond acceptors (Lipinski definition) is 4. The molecule has 176 valence electrons. The van der Waals surface area contributed by atoms with Gasteiger partial charge in [0.2, 0.25) is 0 Å². The third-order valence-electron chi connectivity index (χ3n) is 5.45. The first-order valence-corrected chi connectivity index (χ1v) is 12.6. The van der Waals surface area contributed by atoms with Gasteiger partial charge in [-0.1, -0.05) is 6.07 Å². The van der Waals surface area contributed by atoms with Crippen molar-refractivity contribution in [2.75, 3.05) is 13.7 Å².